The number of nitro groups is 1. The fourth-order valence-corrected chi connectivity index (χ4v) is 2.31. The van der Waals surface area contributed by atoms with Crippen LogP contribution in [0.1, 0.15) is 13.3 Å². The molecule has 2 atom stereocenters. The molecule has 1 aliphatic heterocycles. The topological polar surface area (TPSA) is 76.4 Å². The highest BCUT2D eigenvalue weighted by molar-refractivity contribution is 5.62. The van der Waals surface area contributed by atoms with Crippen molar-refractivity contribution >= 4 is 11.4 Å². The van der Waals surface area contributed by atoms with Crippen molar-refractivity contribution in [3.8, 4) is 0 Å². The van der Waals surface area contributed by atoms with E-state index in [9.17, 15) is 14.5 Å². The van der Waals surface area contributed by atoms with E-state index in [1.54, 1.807) is 0 Å². The molecule has 2 rings (SSSR count). The van der Waals surface area contributed by atoms with E-state index in [1.165, 1.54) is 18.2 Å². The first-order chi connectivity index (χ1) is 9.58. The summed E-state index contributed by atoms with van der Waals surface area (Å²) >= 11 is 0. The van der Waals surface area contributed by atoms with E-state index in [-0.39, 0.29) is 23.5 Å². The molecule has 1 aromatic carbocycles. The highest BCUT2D eigenvalue weighted by atomic mass is 19.1. The van der Waals surface area contributed by atoms with Crippen molar-refractivity contribution in [2.75, 3.05) is 25.1 Å². The van der Waals surface area contributed by atoms with Crippen LogP contribution in [0.4, 0.5) is 15.8 Å². The number of hydrogen-bond donors (Lipinski definition) is 2. The third kappa shape index (κ3) is 3.64. The van der Waals surface area contributed by atoms with Gasteiger partial charge < -0.3 is 15.4 Å². The molecule has 1 aliphatic rings. The van der Waals surface area contributed by atoms with E-state index in [1.807, 2.05) is 6.92 Å². The Morgan fingerprint density at radius 1 is 1.65 bits per heavy atom. The molecule has 0 aromatic heterocycles. The molecule has 2 N–H and O–H groups in total. The number of anilines is 1. The lowest BCUT2D eigenvalue weighted by atomic mass is 10.1. The summed E-state index contributed by atoms with van der Waals surface area (Å²) in [6.07, 6.45) is 0.700. The molecule has 2 unspecified atom stereocenters. The summed E-state index contributed by atoms with van der Waals surface area (Å²) < 4.78 is 19.1. The number of benzene rings is 1. The summed E-state index contributed by atoms with van der Waals surface area (Å²) in [5.41, 5.74) is -0.300. The van der Waals surface area contributed by atoms with Gasteiger partial charge in [0.05, 0.1) is 18.1 Å². The van der Waals surface area contributed by atoms with Crippen LogP contribution < -0.4 is 10.6 Å². The maximum atomic E-state index is 13.7. The molecule has 0 radical (unpaired) electrons. The maximum Gasteiger partial charge on any atom is 0.295 e. The van der Waals surface area contributed by atoms with Gasteiger partial charge in [-0.25, -0.2) is 4.39 Å². The van der Waals surface area contributed by atoms with Crippen LogP contribution >= 0.6 is 0 Å². The Kier molecular flexibility index (Phi) is 4.86. The molecule has 6 nitrogen and oxygen atoms in total. The number of morpholine rings is 1. The molecule has 0 saturated carbocycles. The molecule has 0 aliphatic carbocycles. The smallest absolute Gasteiger partial charge is 0.295 e. The molecule has 1 saturated heterocycles. The molecule has 1 heterocycles. The summed E-state index contributed by atoms with van der Waals surface area (Å²) in [4.78, 5) is 10.3. The molecule has 0 amide bonds. The number of ether oxygens (including phenoxy) is 1. The second-order valence-corrected chi connectivity index (χ2v) is 4.90. The number of para-hydroxylation sites is 1. The van der Waals surface area contributed by atoms with E-state index in [0.717, 1.165) is 6.54 Å². The van der Waals surface area contributed by atoms with Gasteiger partial charge in [-0.1, -0.05) is 6.07 Å². The van der Waals surface area contributed by atoms with Crippen LogP contribution in [0.15, 0.2) is 18.2 Å². The van der Waals surface area contributed by atoms with Gasteiger partial charge in [0.25, 0.3) is 5.69 Å². The lowest BCUT2D eigenvalue weighted by molar-refractivity contribution is -0.384. The van der Waals surface area contributed by atoms with Crippen molar-refractivity contribution in [3.63, 3.8) is 0 Å². The van der Waals surface area contributed by atoms with Crippen LogP contribution in [0, 0.1) is 15.9 Å². The molecule has 0 spiro atoms. The van der Waals surface area contributed by atoms with Crippen molar-refractivity contribution in [2.24, 2.45) is 0 Å². The normalized spacial score (nSPS) is 20.4. The number of nitrogens with one attached hydrogen (secondary N) is 2. The van der Waals surface area contributed by atoms with Gasteiger partial charge in [-0.05, 0) is 19.4 Å². The van der Waals surface area contributed by atoms with Crippen molar-refractivity contribution in [1.82, 2.24) is 5.32 Å². The largest absolute Gasteiger partial charge is 0.379 e. The van der Waals surface area contributed by atoms with Crippen LogP contribution in [0.5, 0.6) is 0 Å². The highest BCUT2D eigenvalue weighted by Crippen LogP contribution is 2.28. The number of rotatable bonds is 5. The molecule has 110 valence electrons. The van der Waals surface area contributed by atoms with Gasteiger partial charge >= 0.3 is 0 Å². The Morgan fingerprint density at radius 2 is 2.45 bits per heavy atom. The molecule has 0 bridgehead atoms. The third-order valence-electron chi connectivity index (χ3n) is 3.22. The minimum atomic E-state index is -0.612. The highest BCUT2D eigenvalue weighted by Gasteiger charge is 2.21. The molecule has 7 heteroatoms. The first-order valence-electron chi connectivity index (χ1n) is 6.58. The fourth-order valence-electron chi connectivity index (χ4n) is 2.31. The molecule has 1 aromatic rings. The van der Waals surface area contributed by atoms with E-state index < -0.39 is 10.7 Å². The van der Waals surface area contributed by atoms with Crippen molar-refractivity contribution in [1.29, 1.82) is 0 Å². The molecule has 20 heavy (non-hydrogen) atoms. The van der Waals surface area contributed by atoms with E-state index in [0.29, 0.717) is 19.6 Å². The van der Waals surface area contributed by atoms with E-state index in [4.69, 9.17) is 4.74 Å². The lowest BCUT2D eigenvalue weighted by Gasteiger charge is -2.27. The molecule has 1 fully saturated rings. The first-order valence-corrected chi connectivity index (χ1v) is 6.58. The fraction of sp³-hybridized carbons (Fsp3) is 0.538. The Labute approximate surface area is 116 Å². The van der Waals surface area contributed by atoms with Crippen molar-refractivity contribution in [2.45, 2.75) is 25.4 Å². The Bertz CT molecular complexity index is 478. The number of halogens is 1. The Morgan fingerprint density at radius 3 is 3.10 bits per heavy atom. The summed E-state index contributed by atoms with van der Waals surface area (Å²) in [5.74, 6) is -0.612. The van der Waals surface area contributed by atoms with Gasteiger partial charge in [0.1, 0.15) is 5.69 Å². The first kappa shape index (κ1) is 14.7. The molecular weight excluding hydrogens is 265 g/mol. The number of nitrogens with zero attached hydrogens (tertiary/aromatic N) is 1. The van der Waals surface area contributed by atoms with Gasteiger partial charge in [0.15, 0.2) is 5.82 Å². The average molecular weight is 283 g/mol. The van der Waals surface area contributed by atoms with Gasteiger partial charge in [0, 0.05) is 24.7 Å². The minimum absolute atomic E-state index is 0.0540. The predicted molar refractivity (Wildman–Crippen MR) is 73.4 cm³/mol. The maximum absolute atomic E-state index is 13.7. The molecular formula is C13H18FN3O3. The van der Waals surface area contributed by atoms with Crippen LogP contribution in [-0.2, 0) is 4.74 Å². The second-order valence-electron chi connectivity index (χ2n) is 4.90. The summed E-state index contributed by atoms with van der Waals surface area (Å²) in [7, 11) is 0. The Balaban J connectivity index is 2.03. The average Bonchev–Trinajstić information content (AvgIpc) is 2.42. The zero-order valence-corrected chi connectivity index (χ0v) is 11.3. The van der Waals surface area contributed by atoms with Crippen LogP contribution in [0.25, 0.3) is 0 Å². The van der Waals surface area contributed by atoms with Gasteiger partial charge in [-0.3, -0.25) is 10.1 Å². The minimum Gasteiger partial charge on any atom is -0.379 e. The SMILES string of the molecule is CC(CC1COCCN1)Nc1c(F)cccc1[N+](=O)[O-]. The van der Waals surface area contributed by atoms with Gasteiger partial charge in [-0.2, -0.15) is 0 Å². The van der Waals surface area contributed by atoms with E-state index in [2.05, 4.69) is 10.6 Å². The quantitative estimate of drug-likeness (QED) is 0.637. The predicted octanol–water partition coefficient (Wildman–Crippen LogP) is 1.91. The van der Waals surface area contributed by atoms with E-state index >= 15 is 0 Å². The monoisotopic (exact) mass is 283 g/mol. The van der Waals surface area contributed by atoms with Crippen molar-refractivity contribution in [3.05, 3.63) is 34.1 Å². The van der Waals surface area contributed by atoms with Crippen LogP contribution in [0.2, 0.25) is 0 Å². The second kappa shape index (κ2) is 6.62. The standard InChI is InChI=1S/C13H18FN3O3/c1-9(7-10-8-20-6-5-15-10)16-13-11(14)3-2-4-12(13)17(18)19/h2-4,9-10,15-16H,5-8H2,1H3. The Hall–Kier alpha value is -1.73. The van der Waals surface area contributed by atoms with Crippen molar-refractivity contribution < 1.29 is 14.1 Å². The number of nitro benzene ring substituents is 1. The number of hydrogen-bond acceptors (Lipinski definition) is 5. The van der Waals surface area contributed by atoms with Gasteiger partial charge in [0.2, 0.25) is 0 Å². The zero-order chi connectivity index (χ0) is 14.5. The van der Waals surface area contributed by atoms with Crippen LogP contribution in [0.3, 0.4) is 0 Å². The zero-order valence-electron chi connectivity index (χ0n) is 11.3. The summed E-state index contributed by atoms with van der Waals surface area (Å²) in [5, 5.41) is 17.1. The third-order valence-corrected chi connectivity index (χ3v) is 3.22. The van der Waals surface area contributed by atoms with Crippen LogP contribution in [-0.4, -0.2) is 36.8 Å². The summed E-state index contributed by atoms with van der Waals surface area (Å²) in [6.45, 7) is 3.95. The lowest BCUT2D eigenvalue weighted by Crippen LogP contribution is -2.43. The van der Waals surface area contributed by atoms with Gasteiger partial charge in [-0.15, -0.1) is 0 Å². The summed E-state index contributed by atoms with van der Waals surface area (Å²) in [6, 6.07) is 3.91.